The smallest absolute Gasteiger partial charge is 0.0361 e. The van der Waals surface area contributed by atoms with Crippen molar-refractivity contribution in [3.8, 4) is 33.4 Å². The molecule has 0 spiro atoms. The molecule has 1 aromatic heterocycles. The van der Waals surface area contributed by atoms with Crippen LogP contribution in [0.25, 0.3) is 96.6 Å². The maximum absolute atomic E-state index is 2.47. The van der Waals surface area contributed by atoms with Gasteiger partial charge in [-0.3, -0.25) is 0 Å². The van der Waals surface area contributed by atoms with Gasteiger partial charge in [0.25, 0.3) is 0 Å². The second-order valence-electron chi connectivity index (χ2n) is 14.8. The Morgan fingerprint density at radius 1 is 0.353 bits per heavy atom. The molecule has 0 aliphatic carbocycles. The molecule has 0 N–H and O–H groups in total. The average Bonchev–Trinajstić information content (AvgIpc) is 3.54. The Kier molecular flexibility index (Phi) is 6.72. The molecule has 0 nitrogen and oxygen atoms in total. The van der Waals surface area contributed by atoms with Gasteiger partial charge in [0, 0.05) is 20.2 Å². The third-order valence-corrected chi connectivity index (χ3v) is 11.9. The fourth-order valence-electron chi connectivity index (χ4n) is 8.77. The highest BCUT2D eigenvalue weighted by atomic mass is 32.1. The quantitative estimate of drug-likeness (QED) is 0.164. The van der Waals surface area contributed by atoms with E-state index in [0.29, 0.717) is 0 Å². The van der Waals surface area contributed by atoms with Crippen molar-refractivity contribution in [3.05, 3.63) is 169 Å². The predicted octanol–water partition coefficient (Wildman–Crippen LogP) is 15.0. The number of hydrogen-bond acceptors (Lipinski definition) is 1. The van der Waals surface area contributed by atoms with E-state index >= 15 is 0 Å². The summed E-state index contributed by atoms with van der Waals surface area (Å²) in [5.74, 6) is 0. The number of thiophene rings is 1. The van der Waals surface area contributed by atoms with E-state index in [1.807, 2.05) is 11.3 Å². The normalized spacial score (nSPS) is 12.2. The standard InChI is InChI=1S/C50H36S/c1-50(2,3)49-39-24-13-11-22-37(39)47(38-23-12-14-25-40(38)49)41-26-15-27-44-48(41)42-30-32(28-29-43(42)51-44)46-35-20-9-7-18-33(35)45(31-16-5-4-6-17-31)34-19-8-10-21-36(34)46/h4-30H,1-3H3. The molecule has 0 aliphatic rings. The lowest BCUT2D eigenvalue weighted by molar-refractivity contribution is 0.601. The lowest BCUT2D eigenvalue weighted by Crippen LogP contribution is -2.13. The van der Waals surface area contributed by atoms with Crippen molar-refractivity contribution in [3.63, 3.8) is 0 Å². The first kappa shape index (κ1) is 30.1. The summed E-state index contributed by atoms with van der Waals surface area (Å²) < 4.78 is 2.64. The fraction of sp³-hybridized carbons (Fsp3) is 0.0800. The SMILES string of the molecule is CC(C)(C)c1c2ccccc2c(-c2cccc3sc4ccc(-c5c6ccccc6c(-c6ccccc6)c6ccccc56)cc4c23)c2ccccc12. The summed E-state index contributed by atoms with van der Waals surface area (Å²) in [6.07, 6.45) is 0. The van der Waals surface area contributed by atoms with Crippen molar-refractivity contribution in [2.24, 2.45) is 0 Å². The highest BCUT2D eigenvalue weighted by Crippen LogP contribution is 2.49. The summed E-state index contributed by atoms with van der Waals surface area (Å²) in [6, 6.07) is 61.0. The highest BCUT2D eigenvalue weighted by Gasteiger charge is 2.25. The van der Waals surface area contributed by atoms with E-state index in [1.165, 1.54) is 102 Å². The van der Waals surface area contributed by atoms with Crippen LogP contribution in [-0.2, 0) is 5.41 Å². The molecule has 0 unspecified atom stereocenters. The Morgan fingerprint density at radius 2 is 0.824 bits per heavy atom. The first-order chi connectivity index (χ1) is 25.0. The zero-order valence-electron chi connectivity index (χ0n) is 29.0. The van der Waals surface area contributed by atoms with Crippen LogP contribution in [0.2, 0.25) is 0 Å². The lowest BCUT2D eigenvalue weighted by atomic mass is 9.77. The number of rotatable bonds is 3. The second-order valence-corrected chi connectivity index (χ2v) is 15.9. The molecule has 1 heteroatoms. The Balaban J connectivity index is 1.31. The van der Waals surface area contributed by atoms with Gasteiger partial charge in [0.2, 0.25) is 0 Å². The molecule has 0 radical (unpaired) electrons. The van der Waals surface area contributed by atoms with Crippen LogP contribution in [0.3, 0.4) is 0 Å². The van der Waals surface area contributed by atoms with E-state index < -0.39 is 0 Å². The molecular formula is C50H36S. The Bertz CT molecular complexity index is 2880. The van der Waals surface area contributed by atoms with Gasteiger partial charge in [-0.15, -0.1) is 11.3 Å². The minimum atomic E-state index is -0.00463. The van der Waals surface area contributed by atoms with Crippen LogP contribution < -0.4 is 0 Å². The largest absolute Gasteiger partial charge is 0.135 e. The van der Waals surface area contributed by atoms with Crippen LogP contribution in [0.5, 0.6) is 0 Å². The van der Waals surface area contributed by atoms with E-state index in [1.54, 1.807) is 0 Å². The molecule has 51 heavy (non-hydrogen) atoms. The minimum Gasteiger partial charge on any atom is -0.135 e. The van der Waals surface area contributed by atoms with Crippen molar-refractivity contribution < 1.29 is 0 Å². The molecule has 0 amide bonds. The zero-order valence-corrected chi connectivity index (χ0v) is 29.8. The number of hydrogen-bond donors (Lipinski definition) is 0. The molecule has 0 atom stereocenters. The van der Waals surface area contributed by atoms with Crippen molar-refractivity contribution in [2.75, 3.05) is 0 Å². The Morgan fingerprint density at radius 3 is 1.35 bits per heavy atom. The van der Waals surface area contributed by atoms with Gasteiger partial charge in [-0.05, 0) is 106 Å². The van der Waals surface area contributed by atoms with Crippen molar-refractivity contribution in [2.45, 2.75) is 26.2 Å². The van der Waals surface area contributed by atoms with E-state index in [9.17, 15) is 0 Å². The van der Waals surface area contributed by atoms with E-state index in [-0.39, 0.29) is 5.41 Å². The first-order valence-corrected chi connectivity index (χ1v) is 18.7. The van der Waals surface area contributed by atoms with Gasteiger partial charge in [0.1, 0.15) is 0 Å². The second kappa shape index (κ2) is 11.4. The third kappa shape index (κ3) is 4.58. The van der Waals surface area contributed by atoms with Gasteiger partial charge in [-0.2, -0.15) is 0 Å². The molecule has 0 bridgehead atoms. The summed E-state index contributed by atoms with van der Waals surface area (Å²) in [7, 11) is 0. The van der Waals surface area contributed by atoms with Crippen LogP contribution in [0, 0.1) is 0 Å². The molecule has 0 aliphatic heterocycles. The van der Waals surface area contributed by atoms with Crippen LogP contribution in [0.15, 0.2) is 164 Å². The van der Waals surface area contributed by atoms with Crippen molar-refractivity contribution in [1.29, 1.82) is 0 Å². The number of benzene rings is 9. The molecule has 1 heterocycles. The highest BCUT2D eigenvalue weighted by molar-refractivity contribution is 7.26. The van der Waals surface area contributed by atoms with Crippen molar-refractivity contribution >= 4 is 74.6 Å². The summed E-state index contributed by atoms with van der Waals surface area (Å²) in [5, 5.41) is 13.1. The zero-order chi connectivity index (χ0) is 34.3. The first-order valence-electron chi connectivity index (χ1n) is 17.9. The fourth-order valence-corrected chi connectivity index (χ4v) is 9.89. The molecule has 0 saturated heterocycles. The van der Waals surface area contributed by atoms with Gasteiger partial charge in [0.05, 0.1) is 0 Å². The molecule has 0 saturated carbocycles. The maximum atomic E-state index is 2.47. The van der Waals surface area contributed by atoms with Crippen molar-refractivity contribution in [1.82, 2.24) is 0 Å². The molecule has 242 valence electrons. The maximum Gasteiger partial charge on any atom is 0.0361 e. The predicted molar refractivity (Wildman–Crippen MR) is 224 cm³/mol. The van der Waals surface area contributed by atoms with Crippen LogP contribution in [0.1, 0.15) is 26.3 Å². The Hall–Kier alpha value is -5.76. The lowest BCUT2D eigenvalue weighted by Gasteiger charge is -2.26. The van der Waals surface area contributed by atoms with E-state index in [2.05, 4.69) is 185 Å². The summed E-state index contributed by atoms with van der Waals surface area (Å²) in [4.78, 5) is 0. The molecular weight excluding hydrogens is 633 g/mol. The van der Waals surface area contributed by atoms with Crippen LogP contribution in [0.4, 0.5) is 0 Å². The van der Waals surface area contributed by atoms with E-state index in [0.717, 1.165) is 0 Å². The topological polar surface area (TPSA) is 0 Å². The van der Waals surface area contributed by atoms with Gasteiger partial charge >= 0.3 is 0 Å². The van der Waals surface area contributed by atoms with Gasteiger partial charge in [-0.1, -0.05) is 166 Å². The van der Waals surface area contributed by atoms with Gasteiger partial charge in [0.15, 0.2) is 0 Å². The summed E-state index contributed by atoms with van der Waals surface area (Å²) in [5.41, 5.74) is 9.14. The molecule has 0 fully saturated rings. The summed E-state index contributed by atoms with van der Waals surface area (Å²) >= 11 is 1.90. The van der Waals surface area contributed by atoms with Gasteiger partial charge < -0.3 is 0 Å². The third-order valence-electron chi connectivity index (χ3n) is 10.7. The Labute approximate surface area is 302 Å². The molecule has 9 aromatic carbocycles. The molecule has 10 aromatic rings. The average molecular weight is 669 g/mol. The number of fused-ring (bicyclic) bond motifs is 7. The van der Waals surface area contributed by atoms with Crippen LogP contribution in [-0.4, -0.2) is 0 Å². The monoisotopic (exact) mass is 668 g/mol. The van der Waals surface area contributed by atoms with E-state index in [4.69, 9.17) is 0 Å². The summed E-state index contributed by atoms with van der Waals surface area (Å²) in [6.45, 7) is 7.03. The minimum absolute atomic E-state index is 0.00463. The van der Waals surface area contributed by atoms with Gasteiger partial charge in [-0.25, -0.2) is 0 Å². The molecule has 10 rings (SSSR count). The van der Waals surface area contributed by atoms with Crippen LogP contribution >= 0.6 is 11.3 Å².